The molecule has 0 aliphatic carbocycles. The molecule has 0 radical (unpaired) electrons. The van der Waals surface area contributed by atoms with Gasteiger partial charge in [-0.2, -0.15) is 0 Å². The number of nitrogens with zero attached hydrogens (tertiary/aromatic N) is 1. The quantitative estimate of drug-likeness (QED) is 0.520. The maximum absolute atomic E-state index is 6.15. The van der Waals surface area contributed by atoms with Crippen LogP contribution >= 0.6 is 0 Å². The van der Waals surface area contributed by atoms with Gasteiger partial charge in [0.1, 0.15) is 0 Å². The smallest absolute Gasteiger partial charge is 0.0173 e. The third kappa shape index (κ3) is 4.54. The van der Waals surface area contributed by atoms with Gasteiger partial charge in [0, 0.05) is 17.1 Å². The van der Waals surface area contributed by atoms with Crippen molar-refractivity contribution in [1.82, 2.24) is 4.90 Å². The molecule has 104 valence electrons. The fourth-order valence-corrected chi connectivity index (χ4v) is 3.32. The van der Waals surface area contributed by atoms with Crippen LogP contribution < -0.4 is 17.4 Å². The summed E-state index contributed by atoms with van der Waals surface area (Å²) >= 11 is 0. The van der Waals surface area contributed by atoms with Gasteiger partial charge in [-0.15, -0.1) is 0 Å². The van der Waals surface area contributed by atoms with E-state index in [1.807, 2.05) is 0 Å². The van der Waals surface area contributed by atoms with Crippen LogP contribution in [0.4, 0.5) is 0 Å². The van der Waals surface area contributed by atoms with E-state index < -0.39 is 0 Å². The number of hydrogen-bond acceptors (Lipinski definition) is 4. The summed E-state index contributed by atoms with van der Waals surface area (Å²) in [7, 11) is 0. The molecule has 0 saturated carbocycles. The van der Waals surface area contributed by atoms with Crippen LogP contribution in [0.1, 0.15) is 60.3 Å². The van der Waals surface area contributed by atoms with E-state index in [9.17, 15) is 0 Å². The highest BCUT2D eigenvalue weighted by molar-refractivity contribution is 5.01. The topological polar surface area (TPSA) is 81.3 Å². The van der Waals surface area contributed by atoms with E-state index in [-0.39, 0.29) is 11.1 Å². The van der Waals surface area contributed by atoms with E-state index in [0.717, 1.165) is 12.8 Å². The molecule has 0 amide bonds. The Balaban J connectivity index is 0.00000121. The summed E-state index contributed by atoms with van der Waals surface area (Å²) < 4.78 is 0. The van der Waals surface area contributed by atoms with Crippen LogP contribution in [-0.2, 0) is 0 Å². The summed E-state index contributed by atoms with van der Waals surface area (Å²) in [4.78, 5) is 2.66. The van der Waals surface area contributed by atoms with Crippen LogP contribution in [0, 0.1) is 0 Å². The van der Waals surface area contributed by atoms with Crippen LogP contribution in [0.25, 0.3) is 0 Å². The van der Waals surface area contributed by atoms with Crippen LogP contribution in [0.15, 0.2) is 0 Å². The zero-order valence-corrected chi connectivity index (χ0v) is 12.3. The van der Waals surface area contributed by atoms with Gasteiger partial charge in [-0.25, -0.2) is 0 Å². The van der Waals surface area contributed by atoms with Crippen molar-refractivity contribution in [2.45, 2.75) is 77.4 Å². The number of rotatable bonds is 3. The molecule has 1 aliphatic rings. The lowest BCUT2D eigenvalue weighted by atomic mass is 9.77. The van der Waals surface area contributed by atoms with Gasteiger partial charge in [0.25, 0.3) is 0 Å². The highest BCUT2D eigenvalue weighted by Gasteiger charge is 2.43. The molecule has 0 aromatic carbocycles. The minimum absolute atomic E-state index is 0.260. The predicted molar refractivity (Wildman–Crippen MR) is 75.4 cm³/mol. The van der Waals surface area contributed by atoms with Crippen molar-refractivity contribution in [2.24, 2.45) is 17.4 Å². The fraction of sp³-hybridized carbons (Fsp3) is 1.00. The number of hydrogen-bond donors (Lipinski definition) is 3. The van der Waals surface area contributed by atoms with Crippen molar-refractivity contribution in [3.8, 4) is 0 Å². The van der Waals surface area contributed by atoms with Crippen LogP contribution in [0.3, 0.4) is 0 Å². The Hall–Kier alpha value is -0.160. The molecular formula is C13H32N4. The Kier molecular flexibility index (Phi) is 6.62. The zero-order chi connectivity index (χ0) is 13.7. The minimum Gasteiger partial charge on any atom is -0.328 e. The van der Waals surface area contributed by atoms with Gasteiger partial charge in [-0.1, -0.05) is 13.3 Å². The van der Waals surface area contributed by atoms with E-state index in [4.69, 9.17) is 5.73 Å². The molecule has 1 saturated heterocycles. The predicted octanol–water partition coefficient (Wildman–Crippen LogP) is 1.59. The number of hydrazine groups is 1. The maximum Gasteiger partial charge on any atom is 0.0173 e. The van der Waals surface area contributed by atoms with Gasteiger partial charge in [0.2, 0.25) is 0 Å². The summed E-state index contributed by atoms with van der Waals surface area (Å²) in [6, 6.07) is 0.368. The standard InChI is InChI=1S/C13H28N2.H4N2/c1-6-7-8-15-12(2,3)9-11(14)10-13(15,4)5;1-2/h11H,6-10,14H2,1-5H3;1-2H2. The third-order valence-electron chi connectivity index (χ3n) is 3.72. The Bertz CT molecular complexity index is 195. The van der Waals surface area contributed by atoms with Gasteiger partial charge < -0.3 is 5.73 Å². The first-order valence-corrected chi connectivity index (χ1v) is 6.66. The highest BCUT2D eigenvalue weighted by atomic mass is 15.3. The molecule has 0 bridgehead atoms. The second-order valence-corrected chi connectivity index (χ2v) is 6.30. The number of piperidine rings is 1. The molecule has 0 aromatic heterocycles. The third-order valence-corrected chi connectivity index (χ3v) is 3.72. The Morgan fingerprint density at radius 2 is 1.47 bits per heavy atom. The second kappa shape index (κ2) is 6.69. The molecule has 1 aliphatic heterocycles. The van der Waals surface area contributed by atoms with E-state index >= 15 is 0 Å². The first-order valence-electron chi connectivity index (χ1n) is 6.66. The lowest BCUT2D eigenvalue weighted by Crippen LogP contribution is -2.63. The summed E-state index contributed by atoms with van der Waals surface area (Å²) in [6.07, 6.45) is 4.82. The summed E-state index contributed by atoms with van der Waals surface area (Å²) in [6.45, 7) is 12.8. The number of unbranched alkanes of at least 4 members (excludes halogenated alkanes) is 1. The van der Waals surface area contributed by atoms with Crippen molar-refractivity contribution in [3.05, 3.63) is 0 Å². The van der Waals surface area contributed by atoms with E-state index in [0.29, 0.717) is 6.04 Å². The first kappa shape index (κ1) is 16.8. The fourth-order valence-electron chi connectivity index (χ4n) is 3.32. The second-order valence-electron chi connectivity index (χ2n) is 6.30. The zero-order valence-electron chi connectivity index (χ0n) is 12.3. The minimum atomic E-state index is 0.260. The molecule has 0 unspecified atom stereocenters. The molecule has 0 spiro atoms. The van der Waals surface area contributed by atoms with Gasteiger partial charge in [0.15, 0.2) is 0 Å². The highest BCUT2D eigenvalue weighted by Crippen LogP contribution is 2.37. The van der Waals surface area contributed by atoms with Gasteiger partial charge >= 0.3 is 0 Å². The van der Waals surface area contributed by atoms with E-state index in [2.05, 4.69) is 51.2 Å². The Morgan fingerprint density at radius 1 is 1.06 bits per heavy atom. The van der Waals surface area contributed by atoms with Crippen molar-refractivity contribution >= 4 is 0 Å². The Labute approximate surface area is 107 Å². The SMILES string of the molecule is CCCCN1C(C)(C)CC(N)CC1(C)C.NN. The molecule has 1 rings (SSSR count). The Morgan fingerprint density at radius 3 is 1.82 bits per heavy atom. The molecule has 4 nitrogen and oxygen atoms in total. The van der Waals surface area contributed by atoms with Crippen molar-refractivity contribution in [3.63, 3.8) is 0 Å². The summed E-state index contributed by atoms with van der Waals surface area (Å²) in [5.41, 5.74) is 6.67. The summed E-state index contributed by atoms with van der Waals surface area (Å²) in [5.74, 6) is 8.00. The van der Waals surface area contributed by atoms with E-state index in [1.54, 1.807) is 0 Å². The molecule has 0 aromatic rings. The van der Waals surface area contributed by atoms with Gasteiger partial charge in [-0.3, -0.25) is 16.6 Å². The molecule has 1 heterocycles. The summed E-state index contributed by atoms with van der Waals surface area (Å²) in [5, 5.41) is 0. The van der Waals surface area contributed by atoms with Crippen molar-refractivity contribution < 1.29 is 0 Å². The monoisotopic (exact) mass is 244 g/mol. The lowest BCUT2D eigenvalue weighted by molar-refractivity contribution is -0.0352. The van der Waals surface area contributed by atoms with Crippen LogP contribution in [0.5, 0.6) is 0 Å². The lowest BCUT2D eigenvalue weighted by Gasteiger charge is -2.55. The molecule has 17 heavy (non-hydrogen) atoms. The molecule has 4 heteroatoms. The van der Waals surface area contributed by atoms with E-state index in [1.165, 1.54) is 19.4 Å². The molecule has 1 fully saturated rings. The van der Waals surface area contributed by atoms with Gasteiger partial charge in [-0.05, 0) is 53.5 Å². The first-order chi connectivity index (χ1) is 7.79. The van der Waals surface area contributed by atoms with Crippen LogP contribution in [-0.4, -0.2) is 28.6 Å². The largest absolute Gasteiger partial charge is 0.328 e. The number of likely N-dealkylation sites (tertiary alicyclic amines) is 1. The molecule has 6 N–H and O–H groups in total. The van der Waals surface area contributed by atoms with Crippen LogP contribution in [0.2, 0.25) is 0 Å². The van der Waals surface area contributed by atoms with Gasteiger partial charge in [0.05, 0.1) is 0 Å². The number of nitrogens with two attached hydrogens (primary N) is 3. The van der Waals surface area contributed by atoms with Crippen molar-refractivity contribution in [2.75, 3.05) is 6.54 Å². The average molecular weight is 244 g/mol. The van der Waals surface area contributed by atoms with Crippen molar-refractivity contribution in [1.29, 1.82) is 0 Å². The average Bonchev–Trinajstić information content (AvgIpc) is 2.16. The maximum atomic E-state index is 6.15. The normalized spacial score (nSPS) is 24.0. The molecule has 0 atom stereocenters. The molecular weight excluding hydrogens is 212 g/mol.